The van der Waals surface area contributed by atoms with Gasteiger partial charge in [0.1, 0.15) is 5.01 Å². The molecule has 0 fully saturated rings. The summed E-state index contributed by atoms with van der Waals surface area (Å²) in [5.41, 5.74) is 2.35. The van der Waals surface area contributed by atoms with Gasteiger partial charge in [-0.15, -0.1) is 11.3 Å². The Morgan fingerprint density at radius 1 is 1.27 bits per heavy atom. The van der Waals surface area contributed by atoms with Gasteiger partial charge in [-0.25, -0.2) is 4.98 Å². The summed E-state index contributed by atoms with van der Waals surface area (Å²) < 4.78 is 0. The van der Waals surface area contributed by atoms with E-state index in [2.05, 4.69) is 20.7 Å². The highest BCUT2D eigenvalue weighted by atomic mass is 32.1. The number of aromatic nitrogens is 2. The highest BCUT2D eigenvalue weighted by Crippen LogP contribution is 2.08. The second-order valence-corrected chi connectivity index (χ2v) is 4.28. The fraction of sp³-hybridized carbons (Fsp3) is 0.273. The lowest BCUT2D eigenvalue weighted by molar-refractivity contribution is 0.688. The second-order valence-electron chi connectivity index (χ2n) is 3.34. The first-order valence-electron chi connectivity index (χ1n) is 4.85. The molecule has 3 nitrogen and oxygen atoms in total. The van der Waals surface area contributed by atoms with Gasteiger partial charge in [0.2, 0.25) is 0 Å². The van der Waals surface area contributed by atoms with Gasteiger partial charge in [-0.1, -0.05) is 0 Å². The van der Waals surface area contributed by atoms with Crippen molar-refractivity contribution in [2.75, 3.05) is 0 Å². The van der Waals surface area contributed by atoms with E-state index in [9.17, 15) is 0 Å². The number of thiazole rings is 1. The third kappa shape index (κ3) is 3.11. The molecule has 0 unspecified atom stereocenters. The fourth-order valence-corrected chi connectivity index (χ4v) is 2.04. The predicted molar refractivity (Wildman–Crippen MR) is 61.6 cm³/mol. The SMILES string of the molecule is Cc1csc(CNCc2ccncc2)n1. The highest BCUT2D eigenvalue weighted by molar-refractivity contribution is 7.09. The maximum atomic E-state index is 4.39. The third-order valence-electron chi connectivity index (χ3n) is 2.02. The first-order valence-corrected chi connectivity index (χ1v) is 5.73. The number of aryl methyl sites for hydroxylation is 1. The van der Waals surface area contributed by atoms with E-state index in [4.69, 9.17) is 0 Å². The molecule has 2 aromatic rings. The van der Waals surface area contributed by atoms with E-state index in [-0.39, 0.29) is 0 Å². The van der Waals surface area contributed by atoms with Crippen LogP contribution in [0.2, 0.25) is 0 Å². The number of nitrogens with zero attached hydrogens (tertiary/aromatic N) is 2. The minimum absolute atomic E-state index is 0.834. The van der Waals surface area contributed by atoms with Crippen molar-refractivity contribution in [2.45, 2.75) is 20.0 Å². The van der Waals surface area contributed by atoms with E-state index >= 15 is 0 Å². The van der Waals surface area contributed by atoms with Crippen molar-refractivity contribution in [3.63, 3.8) is 0 Å². The lowest BCUT2D eigenvalue weighted by Crippen LogP contribution is -2.12. The van der Waals surface area contributed by atoms with Gasteiger partial charge >= 0.3 is 0 Å². The van der Waals surface area contributed by atoms with E-state index in [1.165, 1.54) is 5.56 Å². The average molecular weight is 219 g/mol. The molecule has 0 atom stereocenters. The Morgan fingerprint density at radius 2 is 2.07 bits per heavy atom. The molecule has 2 aromatic heterocycles. The van der Waals surface area contributed by atoms with Crippen LogP contribution < -0.4 is 5.32 Å². The lowest BCUT2D eigenvalue weighted by atomic mass is 10.3. The molecule has 0 radical (unpaired) electrons. The van der Waals surface area contributed by atoms with E-state index in [1.54, 1.807) is 11.3 Å². The van der Waals surface area contributed by atoms with Gasteiger partial charge in [-0.3, -0.25) is 4.98 Å². The predicted octanol–water partition coefficient (Wildman–Crippen LogP) is 2.14. The standard InChI is InChI=1S/C11H13N3S/c1-9-8-15-11(14-9)7-13-6-10-2-4-12-5-3-10/h2-5,8,13H,6-7H2,1H3. The number of hydrogen-bond donors (Lipinski definition) is 1. The summed E-state index contributed by atoms with van der Waals surface area (Å²) in [5, 5.41) is 6.56. The van der Waals surface area contributed by atoms with E-state index < -0.39 is 0 Å². The molecule has 4 heteroatoms. The van der Waals surface area contributed by atoms with Crippen molar-refractivity contribution >= 4 is 11.3 Å². The van der Waals surface area contributed by atoms with Crippen molar-refractivity contribution in [3.8, 4) is 0 Å². The van der Waals surface area contributed by atoms with Gasteiger partial charge in [0.25, 0.3) is 0 Å². The Labute approximate surface area is 93.2 Å². The molecule has 2 heterocycles. The van der Waals surface area contributed by atoms with Gasteiger partial charge in [0.15, 0.2) is 0 Å². The smallest absolute Gasteiger partial charge is 0.107 e. The molecule has 1 N–H and O–H groups in total. The normalized spacial score (nSPS) is 10.5. The van der Waals surface area contributed by atoms with Crippen LogP contribution in [0.1, 0.15) is 16.3 Å². The molecule has 0 spiro atoms. The molecule has 0 aromatic carbocycles. The summed E-state index contributed by atoms with van der Waals surface area (Å²) in [7, 11) is 0. The van der Waals surface area contributed by atoms with Crippen LogP contribution in [-0.4, -0.2) is 9.97 Å². The minimum Gasteiger partial charge on any atom is -0.306 e. The summed E-state index contributed by atoms with van der Waals surface area (Å²) in [6, 6.07) is 4.03. The van der Waals surface area contributed by atoms with E-state index in [0.29, 0.717) is 0 Å². The number of hydrogen-bond acceptors (Lipinski definition) is 4. The van der Waals surface area contributed by atoms with Crippen molar-refractivity contribution in [3.05, 3.63) is 46.2 Å². The Bertz CT molecular complexity index is 411. The zero-order valence-corrected chi connectivity index (χ0v) is 9.42. The topological polar surface area (TPSA) is 37.8 Å². The average Bonchev–Trinajstić information content (AvgIpc) is 2.66. The zero-order valence-electron chi connectivity index (χ0n) is 8.60. The largest absolute Gasteiger partial charge is 0.306 e. The van der Waals surface area contributed by atoms with Gasteiger partial charge in [-0.05, 0) is 24.6 Å². The van der Waals surface area contributed by atoms with Gasteiger partial charge in [0, 0.05) is 36.6 Å². The summed E-state index contributed by atoms with van der Waals surface area (Å²) >= 11 is 1.70. The highest BCUT2D eigenvalue weighted by Gasteiger charge is 1.97. The van der Waals surface area contributed by atoms with Crippen LogP contribution in [0.15, 0.2) is 29.9 Å². The third-order valence-corrected chi connectivity index (χ3v) is 2.99. The molecule has 2 rings (SSSR count). The monoisotopic (exact) mass is 219 g/mol. The number of rotatable bonds is 4. The van der Waals surface area contributed by atoms with Crippen molar-refractivity contribution in [2.24, 2.45) is 0 Å². The van der Waals surface area contributed by atoms with Gasteiger partial charge < -0.3 is 5.32 Å². The molecular formula is C11H13N3S. The molecular weight excluding hydrogens is 206 g/mol. The molecule has 0 saturated carbocycles. The van der Waals surface area contributed by atoms with Gasteiger partial charge in [-0.2, -0.15) is 0 Å². The summed E-state index contributed by atoms with van der Waals surface area (Å²) in [4.78, 5) is 8.36. The van der Waals surface area contributed by atoms with Crippen LogP contribution in [0.3, 0.4) is 0 Å². The lowest BCUT2D eigenvalue weighted by Gasteiger charge is -2.01. The molecule has 0 aliphatic carbocycles. The molecule has 0 aliphatic heterocycles. The van der Waals surface area contributed by atoms with Crippen LogP contribution in [-0.2, 0) is 13.1 Å². The zero-order chi connectivity index (χ0) is 10.5. The Kier molecular flexibility index (Phi) is 3.42. The molecule has 78 valence electrons. The van der Waals surface area contributed by atoms with Crippen LogP contribution in [0, 0.1) is 6.92 Å². The van der Waals surface area contributed by atoms with Crippen molar-refractivity contribution in [1.29, 1.82) is 0 Å². The first-order chi connectivity index (χ1) is 7.34. The van der Waals surface area contributed by atoms with Crippen LogP contribution in [0.5, 0.6) is 0 Å². The maximum absolute atomic E-state index is 4.39. The quantitative estimate of drug-likeness (QED) is 0.856. The molecule has 0 saturated heterocycles. The maximum Gasteiger partial charge on any atom is 0.107 e. The summed E-state index contributed by atoms with van der Waals surface area (Å²) in [6.07, 6.45) is 3.62. The van der Waals surface area contributed by atoms with Crippen LogP contribution in [0.4, 0.5) is 0 Å². The summed E-state index contributed by atoms with van der Waals surface area (Å²) in [5.74, 6) is 0. The summed E-state index contributed by atoms with van der Waals surface area (Å²) in [6.45, 7) is 3.71. The number of pyridine rings is 1. The van der Waals surface area contributed by atoms with Crippen LogP contribution in [0.25, 0.3) is 0 Å². The van der Waals surface area contributed by atoms with Crippen LogP contribution >= 0.6 is 11.3 Å². The van der Waals surface area contributed by atoms with Crippen molar-refractivity contribution in [1.82, 2.24) is 15.3 Å². The fourth-order valence-electron chi connectivity index (χ4n) is 1.30. The van der Waals surface area contributed by atoms with Gasteiger partial charge in [0.05, 0.1) is 0 Å². The molecule has 0 amide bonds. The molecule has 15 heavy (non-hydrogen) atoms. The second kappa shape index (κ2) is 5.00. The molecule has 0 aliphatic rings. The number of nitrogens with one attached hydrogen (secondary N) is 1. The first kappa shape index (κ1) is 10.3. The van der Waals surface area contributed by atoms with E-state index in [1.807, 2.05) is 31.5 Å². The minimum atomic E-state index is 0.834. The van der Waals surface area contributed by atoms with E-state index in [0.717, 1.165) is 23.8 Å². The Hall–Kier alpha value is -1.26. The van der Waals surface area contributed by atoms with Crippen molar-refractivity contribution < 1.29 is 0 Å². The Morgan fingerprint density at radius 3 is 2.73 bits per heavy atom. The molecule has 0 bridgehead atoms. The Balaban J connectivity index is 1.80.